The van der Waals surface area contributed by atoms with Gasteiger partial charge in [0.25, 0.3) is 11.6 Å². The number of hydrogen-bond acceptors (Lipinski definition) is 3. The Balaban J connectivity index is 2.27. The number of carbonyl (C=O) groups is 1. The first-order valence-corrected chi connectivity index (χ1v) is 7.70. The van der Waals surface area contributed by atoms with E-state index >= 15 is 0 Å². The van der Waals surface area contributed by atoms with Gasteiger partial charge in [-0.3, -0.25) is 14.9 Å². The molecule has 0 atom stereocenters. The molecule has 0 aromatic heterocycles. The van der Waals surface area contributed by atoms with Crippen molar-refractivity contribution in [2.75, 3.05) is 12.4 Å². The van der Waals surface area contributed by atoms with Gasteiger partial charge in [0.15, 0.2) is 0 Å². The van der Waals surface area contributed by atoms with Crippen LogP contribution in [0, 0.1) is 17.0 Å². The second kappa shape index (κ2) is 6.89. The molecule has 114 valence electrons. The van der Waals surface area contributed by atoms with Crippen molar-refractivity contribution >= 4 is 23.2 Å². The summed E-state index contributed by atoms with van der Waals surface area (Å²) >= 11 is 5.73. The lowest BCUT2D eigenvalue weighted by atomic mass is 9.90. The number of alkyl halides is 1. The molecule has 1 amide bonds. The van der Waals surface area contributed by atoms with Crippen LogP contribution >= 0.6 is 11.6 Å². The second-order valence-electron chi connectivity index (χ2n) is 5.33. The van der Waals surface area contributed by atoms with Gasteiger partial charge in [-0.05, 0) is 38.7 Å². The van der Waals surface area contributed by atoms with Gasteiger partial charge in [-0.15, -0.1) is 11.6 Å². The number of nitro benzene ring substituents is 1. The first-order valence-electron chi connectivity index (χ1n) is 7.17. The number of nitrogens with zero attached hydrogens (tertiary/aromatic N) is 2. The van der Waals surface area contributed by atoms with E-state index in [-0.39, 0.29) is 17.6 Å². The smallest absolute Gasteiger partial charge is 0.273 e. The standard InChI is InChI=1S/C15H19ClN2O3/c1-11-13(7-3-8-14(11)18(20)21)15(19)17(10-4-9-16)12-5-2-6-12/h3,7-8,12H,2,4-6,9-10H2,1H3. The number of halogens is 1. The fourth-order valence-corrected chi connectivity index (χ4v) is 2.71. The van der Waals surface area contributed by atoms with E-state index < -0.39 is 4.92 Å². The maximum Gasteiger partial charge on any atom is 0.273 e. The van der Waals surface area contributed by atoms with Gasteiger partial charge < -0.3 is 4.90 Å². The Labute approximate surface area is 129 Å². The van der Waals surface area contributed by atoms with Crippen LogP contribution in [-0.2, 0) is 0 Å². The van der Waals surface area contributed by atoms with Crippen molar-refractivity contribution in [3.8, 4) is 0 Å². The van der Waals surface area contributed by atoms with Crippen LogP contribution in [0.3, 0.4) is 0 Å². The van der Waals surface area contributed by atoms with Crippen molar-refractivity contribution in [1.29, 1.82) is 0 Å². The maximum absolute atomic E-state index is 12.7. The average Bonchev–Trinajstić information content (AvgIpc) is 2.40. The van der Waals surface area contributed by atoms with Crippen LogP contribution in [0.1, 0.15) is 41.6 Å². The van der Waals surface area contributed by atoms with Crippen molar-refractivity contribution in [1.82, 2.24) is 4.90 Å². The van der Waals surface area contributed by atoms with E-state index in [1.165, 1.54) is 6.07 Å². The van der Waals surface area contributed by atoms with Gasteiger partial charge in [0.2, 0.25) is 0 Å². The molecule has 0 aliphatic heterocycles. The summed E-state index contributed by atoms with van der Waals surface area (Å²) in [6.07, 6.45) is 3.87. The van der Waals surface area contributed by atoms with Crippen LogP contribution in [0.4, 0.5) is 5.69 Å². The highest BCUT2D eigenvalue weighted by molar-refractivity contribution is 6.17. The molecule has 0 N–H and O–H groups in total. The Morgan fingerprint density at radius 1 is 1.48 bits per heavy atom. The average molecular weight is 311 g/mol. The monoisotopic (exact) mass is 310 g/mol. The highest BCUT2D eigenvalue weighted by Gasteiger charge is 2.30. The summed E-state index contributed by atoms with van der Waals surface area (Å²) in [5.74, 6) is 0.385. The molecule has 1 fully saturated rings. The van der Waals surface area contributed by atoms with Gasteiger partial charge in [-0.25, -0.2) is 0 Å². The number of carbonyl (C=O) groups excluding carboxylic acids is 1. The van der Waals surface area contributed by atoms with Crippen molar-refractivity contribution < 1.29 is 9.72 Å². The molecule has 2 rings (SSSR count). The third-order valence-corrected chi connectivity index (χ3v) is 4.31. The third kappa shape index (κ3) is 3.35. The summed E-state index contributed by atoms with van der Waals surface area (Å²) in [5.41, 5.74) is 0.847. The molecule has 1 aromatic carbocycles. The van der Waals surface area contributed by atoms with Crippen molar-refractivity contribution in [3.05, 3.63) is 39.4 Å². The summed E-state index contributed by atoms with van der Waals surface area (Å²) in [7, 11) is 0. The molecule has 1 saturated carbocycles. The quantitative estimate of drug-likeness (QED) is 0.459. The van der Waals surface area contributed by atoms with Gasteiger partial charge in [0, 0.05) is 35.7 Å². The topological polar surface area (TPSA) is 63.5 Å². The number of benzene rings is 1. The van der Waals surface area contributed by atoms with Crippen molar-refractivity contribution in [3.63, 3.8) is 0 Å². The summed E-state index contributed by atoms with van der Waals surface area (Å²) in [6.45, 7) is 2.24. The summed E-state index contributed by atoms with van der Waals surface area (Å²) in [4.78, 5) is 25.1. The highest BCUT2D eigenvalue weighted by atomic mass is 35.5. The Hall–Kier alpha value is -1.62. The Morgan fingerprint density at radius 3 is 2.71 bits per heavy atom. The molecular weight excluding hydrogens is 292 g/mol. The largest absolute Gasteiger partial charge is 0.336 e. The molecular formula is C15H19ClN2O3. The van der Waals surface area contributed by atoms with Crippen LogP contribution in [0.2, 0.25) is 0 Å². The van der Waals surface area contributed by atoms with Gasteiger partial charge in [-0.2, -0.15) is 0 Å². The third-order valence-electron chi connectivity index (χ3n) is 4.04. The normalized spacial score (nSPS) is 14.6. The number of rotatable bonds is 6. The molecule has 0 spiro atoms. The van der Waals surface area contributed by atoms with E-state index in [0.717, 1.165) is 25.7 Å². The minimum Gasteiger partial charge on any atom is -0.336 e. The number of amides is 1. The molecule has 0 unspecified atom stereocenters. The van der Waals surface area contributed by atoms with Gasteiger partial charge in [-0.1, -0.05) is 6.07 Å². The van der Waals surface area contributed by atoms with Crippen LogP contribution in [0.5, 0.6) is 0 Å². The Morgan fingerprint density at radius 2 is 2.19 bits per heavy atom. The second-order valence-corrected chi connectivity index (χ2v) is 5.71. The maximum atomic E-state index is 12.7. The van der Waals surface area contributed by atoms with Crippen LogP contribution < -0.4 is 0 Å². The fraction of sp³-hybridized carbons (Fsp3) is 0.533. The summed E-state index contributed by atoms with van der Waals surface area (Å²) in [5, 5.41) is 11.0. The van der Waals surface area contributed by atoms with E-state index in [1.807, 2.05) is 4.90 Å². The van der Waals surface area contributed by atoms with Gasteiger partial charge >= 0.3 is 0 Å². The first kappa shape index (κ1) is 15.8. The molecule has 1 aromatic rings. The zero-order valence-corrected chi connectivity index (χ0v) is 12.8. The van der Waals surface area contributed by atoms with Gasteiger partial charge in [0.1, 0.15) is 0 Å². The number of hydrogen-bond donors (Lipinski definition) is 0. The lowest BCUT2D eigenvalue weighted by Gasteiger charge is -2.37. The predicted octanol–water partition coefficient (Wildman–Crippen LogP) is 3.53. The molecule has 0 radical (unpaired) electrons. The number of nitro groups is 1. The zero-order chi connectivity index (χ0) is 15.4. The van der Waals surface area contributed by atoms with Gasteiger partial charge in [0.05, 0.1) is 4.92 Å². The molecule has 1 aliphatic rings. The van der Waals surface area contributed by atoms with Crippen LogP contribution in [-0.4, -0.2) is 34.2 Å². The zero-order valence-electron chi connectivity index (χ0n) is 12.0. The molecule has 6 heteroatoms. The summed E-state index contributed by atoms with van der Waals surface area (Å²) in [6, 6.07) is 4.91. The minimum absolute atomic E-state index is 0.00764. The predicted molar refractivity (Wildman–Crippen MR) is 81.8 cm³/mol. The first-order chi connectivity index (χ1) is 10.1. The Kier molecular flexibility index (Phi) is 5.17. The molecule has 0 bridgehead atoms. The molecule has 5 nitrogen and oxygen atoms in total. The van der Waals surface area contributed by atoms with Crippen LogP contribution in [0.15, 0.2) is 18.2 Å². The van der Waals surface area contributed by atoms with E-state index in [9.17, 15) is 14.9 Å². The lowest BCUT2D eigenvalue weighted by Crippen LogP contribution is -2.45. The van der Waals surface area contributed by atoms with Crippen molar-refractivity contribution in [2.45, 2.75) is 38.6 Å². The van der Waals surface area contributed by atoms with Crippen LogP contribution in [0.25, 0.3) is 0 Å². The highest BCUT2D eigenvalue weighted by Crippen LogP contribution is 2.29. The SMILES string of the molecule is Cc1c(C(=O)N(CCCCl)C2CCC2)cccc1[N+](=O)[O-]. The van der Waals surface area contributed by atoms with Crippen molar-refractivity contribution in [2.24, 2.45) is 0 Å². The minimum atomic E-state index is -0.446. The van der Waals surface area contributed by atoms with E-state index in [0.29, 0.717) is 23.6 Å². The molecule has 1 aliphatic carbocycles. The van der Waals surface area contributed by atoms with E-state index in [2.05, 4.69) is 0 Å². The summed E-state index contributed by atoms with van der Waals surface area (Å²) < 4.78 is 0. The molecule has 0 saturated heterocycles. The Bertz CT molecular complexity index is 544. The molecule has 0 heterocycles. The van der Waals surface area contributed by atoms with E-state index in [1.54, 1.807) is 19.1 Å². The molecule has 21 heavy (non-hydrogen) atoms. The fourth-order valence-electron chi connectivity index (χ4n) is 2.59. The lowest BCUT2D eigenvalue weighted by molar-refractivity contribution is -0.385. The van der Waals surface area contributed by atoms with E-state index in [4.69, 9.17) is 11.6 Å².